The topological polar surface area (TPSA) is 68.7 Å². The molecule has 6 nitrogen and oxygen atoms in total. The summed E-state index contributed by atoms with van der Waals surface area (Å²) in [4.78, 5) is 4.53. The highest BCUT2D eigenvalue weighted by atomic mass is 32.2. The Morgan fingerprint density at radius 2 is 2.00 bits per heavy atom. The average Bonchev–Trinajstić information content (AvgIpc) is 3.04. The van der Waals surface area contributed by atoms with Crippen LogP contribution in [0.25, 0.3) is 0 Å². The molecular formula is C17H20N2O4S. The number of nitrogens with zero attached hydrogens (tertiary/aromatic N) is 2. The number of rotatable bonds is 5. The van der Waals surface area contributed by atoms with E-state index in [9.17, 15) is 8.42 Å². The Balaban J connectivity index is 1.72. The summed E-state index contributed by atoms with van der Waals surface area (Å²) in [6, 6.07) is 12.1. The first-order valence-electron chi connectivity index (χ1n) is 7.73. The van der Waals surface area contributed by atoms with Gasteiger partial charge in [-0.2, -0.15) is 4.31 Å². The fourth-order valence-electron chi connectivity index (χ4n) is 2.68. The van der Waals surface area contributed by atoms with Gasteiger partial charge in [0.2, 0.25) is 15.9 Å². The van der Waals surface area contributed by atoms with Crippen molar-refractivity contribution in [1.82, 2.24) is 9.29 Å². The highest BCUT2D eigenvalue weighted by molar-refractivity contribution is 7.89. The van der Waals surface area contributed by atoms with Crippen LogP contribution < -0.4 is 9.47 Å². The van der Waals surface area contributed by atoms with E-state index in [-0.39, 0.29) is 11.0 Å². The number of aryl methyl sites for hydroxylation is 1. The molecule has 1 aromatic carbocycles. The molecule has 2 heterocycles. The Labute approximate surface area is 142 Å². The second-order valence-electron chi connectivity index (χ2n) is 5.69. The number of hydrogen-bond acceptors (Lipinski definition) is 5. The van der Waals surface area contributed by atoms with Crippen LogP contribution in [0, 0.1) is 6.92 Å². The van der Waals surface area contributed by atoms with Crippen LogP contribution in [0.1, 0.15) is 12.1 Å². The number of benzene rings is 1. The normalized spacial score (nSPS) is 18.5. The van der Waals surface area contributed by atoms with Gasteiger partial charge in [-0.05, 0) is 31.5 Å². The highest BCUT2D eigenvalue weighted by Crippen LogP contribution is 2.25. The third-order valence-corrected chi connectivity index (χ3v) is 5.80. The zero-order valence-electron chi connectivity index (χ0n) is 13.7. The lowest BCUT2D eigenvalue weighted by atomic mass is 10.3. The van der Waals surface area contributed by atoms with Gasteiger partial charge in [0.1, 0.15) is 11.9 Å². The molecule has 0 saturated carbocycles. The molecule has 3 rings (SSSR count). The maximum Gasteiger partial charge on any atom is 0.243 e. The molecule has 1 saturated heterocycles. The van der Waals surface area contributed by atoms with E-state index in [4.69, 9.17) is 9.47 Å². The van der Waals surface area contributed by atoms with E-state index < -0.39 is 10.0 Å². The maximum atomic E-state index is 12.8. The quantitative estimate of drug-likeness (QED) is 0.829. The highest BCUT2D eigenvalue weighted by Gasteiger charge is 2.34. The molecule has 0 aliphatic carbocycles. The lowest BCUT2D eigenvalue weighted by Gasteiger charge is -2.17. The number of ether oxygens (including phenoxy) is 2. The van der Waals surface area contributed by atoms with Gasteiger partial charge < -0.3 is 9.47 Å². The van der Waals surface area contributed by atoms with Gasteiger partial charge >= 0.3 is 0 Å². The van der Waals surface area contributed by atoms with E-state index in [1.165, 1.54) is 17.5 Å². The summed E-state index contributed by atoms with van der Waals surface area (Å²) in [5.41, 5.74) is 0.867. The summed E-state index contributed by atoms with van der Waals surface area (Å²) in [5.74, 6) is 1.05. The predicted molar refractivity (Wildman–Crippen MR) is 89.8 cm³/mol. The summed E-state index contributed by atoms with van der Waals surface area (Å²) in [5, 5.41) is 0. The smallest absolute Gasteiger partial charge is 0.243 e. The molecule has 1 atom stereocenters. The van der Waals surface area contributed by atoms with Crippen molar-refractivity contribution < 1.29 is 17.9 Å². The van der Waals surface area contributed by atoms with Gasteiger partial charge in [-0.1, -0.05) is 12.1 Å². The molecule has 1 aliphatic heterocycles. The summed E-state index contributed by atoms with van der Waals surface area (Å²) < 4.78 is 37.9. The minimum Gasteiger partial charge on any atom is -0.497 e. The lowest BCUT2D eigenvalue weighted by molar-refractivity contribution is 0.206. The van der Waals surface area contributed by atoms with E-state index in [0.29, 0.717) is 31.1 Å². The SMILES string of the molecule is COc1cccc(S(=O)(=O)N2CCC(Oc3cccc(C)n3)C2)c1. The van der Waals surface area contributed by atoms with Crippen LogP contribution in [0.4, 0.5) is 0 Å². The Hall–Kier alpha value is -2.12. The molecule has 1 aliphatic rings. The van der Waals surface area contributed by atoms with Crippen LogP contribution >= 0.6 is 0 Å². The number of aromatic nitrogens is 1. The molecule has 0 amide bonds. The summed E-state index contributed by atoms with van der Waals surface area (Å²) in [7, 11) is -2.04. The van der Waals surface area contributed by atoms with Crippen LogP contribution in [-0.2, 0) is 10.0 Å². The molecule has 1 unspecified atom stereocenters. The van der Waals surface area contributed by atoms with E-state index >= 15 is 0 Å². The minimum absolute atomic E-state index is 0.195. The van der Waals surface area contributed by atoms with Crippen molar-refractivity contribution in [2.24, 2.45) is 0 Å². The van der Waals surface area contributed by atoms with Gasteiger partial charge in [-0.3, -0.25) is 0 Å². The van der Waals surface area contributed by atoms with Crippen molar-refractivity contribution in [3.63, 3.8) is 0 Å². The first-order valence-corrected chi connectivity index (χ1v) is 9.17. The Kier molecular flexibility index (Phi) is 4.73. The van der Waals surface area contributed by atoms with Crippen LogP contribution in [0.2, 0.25) is 0 Å². The van der Waals surface area contributed by atoms with E-state index in [1.54, 1.807) is 24.3 Å². The molecule has 7 heteroatoms. The lowest BCUT2D eigenvalue weighted by Crippen LogP contribution is -2.31. The monoisotopic (exact) mass is 348 g/mol. The fourth-order valence-corrected chi connectivity index (χ4v) is 4.20. The van der Waals surface area contributed by atoms with Gasteiger partial charge in [0.15, 0.2) is 0 Å². The van der Waals surface area contributed by atoms with Crippen molar-refractivity contribution in [2.75, 3.05) is 20.2 Å². The first-order chi connectivity index (χ1) is 11.5. The van der Waals surface area contributed by atoms with Gasteiger partial charge in [0.25, 0.3) is 0 Å². The van der Waals surface area contributed by atoms with Gasteiger partial charge in [-0.25, -0.2) is 13.4 Å². The first kappa shape index (κ1) is 16.7. The Morgan fingerprint density at radius 3 is 2.75 bits per heavy atom. The summed E-state index contributed by atoms with van der Waals surface area (Å²) >= 11 is 0. The van der Waals surface area contributed by atoms with E-state index in [1.807, 2.05) is 19.1 Å². The zero-order valence-corrected chi connectivity index (χ0v) is 14.5. The Bertz CT molecular complexity index is 823. The van der Waals surface area contributed by atoms with Crippen molar-refractivity contribution in [2.45, 2.75) is 24.3 Å². The molecule has 1 fully saturated rings. The molecule has 0 N–H and O–H groups in total. The van der Waals surface area contributed by atoms with E-state index in [0.717, 1.165) is 5.69 Å². The molecule has 1 aromatic heterocycles. The molecular weight excluding hydrogens is 328 g/mol. The van der Waals surface area contributed by atoms with Crippen LogP contribution in [-0.4, -0.2) is 44.0 Å². The second kappa shape index (κ2) is 6.78. The molecule has 128 valence electrons. The standard InChI is InChI=1S/C17H20N2O4S/c1-13-5-3-8-17(18-13)23-15-9-10-19(12-15)24(20,21)16-7-4-6-14(11-16)22-2/h3-8,11,15H,9-10,12H2,1-2H3. The third kappa shape index (κ3) is 3.52. The number of methoxy groups -OCH3 is 1. The number of sulfonamides is 1. The fraction of sp³-hybridized carbons (Fsp3) is 0.353. The molecule has 24 heavy (non-hydrogen) atoms. The van der Waals surface area contributed by atoms with Crippen LogP contribution in [0.5, 0.6) is 11.6 Å². The third-order valence-electron chi connectivity index (χ3n) is 3.94. The average molecular weight is 348 g/mol. The second-order valence-corrected chi connectivity index (χ2v) is 7.63. The van der Waals surface area contributed by atoms with Crippen LogP contribution in [0.3, 0.4) is 0 Å². The van der Waals surface area contributed by atoms with E-state index in [2.05, 4.69) is 4.98 Å². The van der Waals surface area contributed by atoms with Crippen molar-refractivity contribution >= 4 is 10.0 Å². The molecule has 0 bridgehead atoms. The minimum atomic E-state index is -3.55. The summed E-state index contributed by atoms with van der Waals surface area (Å²) in [6.07, 6.45) is 0.443. The summed E-state index contributed by atoms with van der Waals surface area (Å²) in [6.45, 7) is 2.63. The van der Waals surface area contributed by atoms with Gasteiger partial charge in [0, 0.05) is 24.4 Å². The van der Waals surface area contributed by atoms with Crippen molar-refractivity contribution in [3.8, 4) is 11.6 Å². The largest absolute Gasteiger partial charge is 0.497 e. The van der Waals surface area contributed by atoms with Crippen molar-refractivity contribution in [1.29, 1.82) is 0 Å². The zero-order chi connectivity index (χ0) is 17.2. The van der Waals surface area contributed by atoms with Gasteiger partial charge in [-0.15, -0.1) is 0 Å². The van der Waals surface area contributed by atoms with Crippen molar-refractivity contribution in [3.05, 3.63) is 48.2 Å². The number of pyridine rings is 1. The number of hydrogen-bond donors (Lipinski definition) is 0. The molecule has 0 radical (unpaired) electrons. The van der Waals surface area contributed by atoms with Gasteiger partial charge in [0.05, 0.1) is 18.6 Å². The van der Waals surface area contributed by atoms with Crippen LogP contribution in [0.15, 0.2) is 47.4 Å². The Morgan fingerprint density at radius 1 is 1.21 bits per heavy atom. The maximum absolute atomic E-state index is 12.8. The molecule has 2 aromatic rings. The predicted octanol–water partition coefficient (Wildman–Crippen LogP) is 2.24. The molecule has 0 spiro atoms.